The second-order valence-electron chi connectivity index (χ2n) is 8.15. The van der Waals surface area contributed by atoms with Crippen molar-refractivity contribution < 1.29 is 9.53 Å². The molecule has 2 amide bonds. The molecule has 2 heterocycles. The maximum Gasteiger partial charge on any atom is 0.319 e. The van der Waals surface area contributed by atoms with Gasteiger partial charge in [0.15, 0.2) is 0 Å². The van der Waals surface area contributed by atoms with Gasteiger partial charge in [0.2, 0.25) is 0 Å². The van der Waals surface area contributed by atoms with E-state index < -0.39 is 6.03 Å². The average molecular weight is 464 g/mol. The molecule has 7 nitrogen and oxygen atoms in total. The van der Waals surface area contributed by atoms with Crippen LogP contribution >= 0.6 is 11.3 Å². The highest BCUT2D eigenvalue weighted by molar-refractivity contribution is 7.23. The summed E-state index contributed by atoms with van der Waals surface area (Å²) >= 11 is 1.50. The molecule has 1 fully saturated rings. The molecule has 1 aromatic heterocycles. The topological polar surface area (TPSA) is 85.8 Å². The Bertz CT molecular complexity index is 1150. The minimum atomic E-state index is -0.438. The first-order chi connectivity index (χ1) is 16.1. The highest BCUT2D eigenvalue weighted by Crippen LogP contribution is 2.33. The maximum absolute atomic E-state index is 12.1. The number of hydrogen-bond acceptors (Lipinski definition) is 6. The number of anilines is 2. The van der Waals surface area contributed by atoms with Crippen LogP contribution in [-0.4, -0.2) is 57.3 Å². The molecule has 0 unspecified atom stereocenters. The lowest BCUT2D eigenvalue weighted by Gasteiger charge is -2.36. The third kappa shape index (κ3) is 5.38. The number of piperazine rings is 1. The summed E-state index contributed by atoms with van der Waals surface area (Å²) in [5, 5.41) is 11.0. The largest absolute Gasteiger partial charge is 0.495 e. The molecule has 33 heavy (non-hydrogen) atoms. The van der Waals surface area contributed by atoms with Gasteiger partial charge in [-0.15, -0.1) is 11.3 Å². The number of nitriles is 1. The monoisotopic (exact) mass is 463 g/mol. The van der Waals surface area contributed by atoms with Gasteiger partial charge in [0.1, 0.15) is 10.8 Å². The fourth-order valence-electron chi connectivity index (χ4n) is 4.26. The van der Waals surface area contributed by atoms with Gasteiger partial charge in [0, 0.05) is 37.4 Å². The Labute approximate surface area is 198 Å². The minimum Gasteiger partial charge on any atom is -0.495 e. The first-order valence-electron chi connectivity index (χ1n) is 11.2. The third-order valence-electron chi connectivity index (χ3n) is 6.07. The van der Waals surface area contributed by atoms with Crippen LogP contribution in [0.1, 0.15) is 18.4 Å². The Balaban J connectivity index is 1.27. The molecule has 0 radical (unpaired) electrons. The van der Waals surface area contributed by atoms with Gasteiger partial charge in [-0.1, -0.05) is 18.2 Å². The Morgan fingerprint density at radius 2 is 1.94 bits per heavy atom. The number of fused-ring (bicyclic) bond motifs is 1. The molecule has 8 heteroatoms. The molecule has 0 bridgehead atoms. The summed E-state index contributed by atoms with van der Waals surface area (Å²) in [6.07, 6.45) is 1.88. The summed E-state index contributed by atoms with van der Waals surface area (Å²) in [5.74, 6) is 0.919. The quantitative estimate of drug-likeness (QED) is 0.504. The van der Waals surface area contributed by atoms with Crippen LogP contribution in [0.5, 0.6) is 5.75 Å². The molecule has 172 valence electrons. The fraction of sp³-hybridized carbons (Fsp3) is 0.360. The molecule has 0 spiro atoms. The molecule has 0 aliphatic carbocycles. The normalized spacial score (nSPS) is 14.2. The highest BCUT2D eigenvalue weighted by Gasteiger charge is 2.20. The van der Waals surface area contributed by atoms with E-state index in [-0.39, 0.29) is 0 Å². The van der Waals surface area contributed by atoms with E-state index in [4.69, 9.17) is 15.7 Å². The number of ether oxygens (including phenoxy) is 1. The number of methoxy groups -OCH3 is 1. The summed E-state index contributed by atoms with van der Waals surface area (Å²) in [6.45, 7) is 5.56. The highest BCUT2D eigenvalue weighted by atomic mass is 32.1. The standard InChI is InChI=1S/C25H29N5O2S/c1-32-22-7-3-2-6-21(22)29-14-12-28(13-15-29)10-4-5-11-30(25(27)31)24-17-20-9-8-19(18-26)16-23(20)33-24/h2-3,6-9,16-17H,4-5,10-15H2,1H3,(H2,27,31). The predicted octanol–water partition coefficient (Wildman–Crippen LogP) is 4.27. The molecule has 1 saturated heterocycles. The van der Waals surface area contributed by atoms with Crippen LogP contribution in [0.4, 0.5) is 15.5 Å². The van der Waals surface area contributed by atoms with E-state index in [1.54, 1.807) is 18.1 Å². The van der Waals surface area contributed by atoms with E-state index in [1.807, 2.05) is 36.4 Å². The number of nitrogens with two attached hydrogens (primary N) is 1. The van der Waals surface area contributed by atoms with Crippen molar-refractivity contribution in [2.45, 2.75) is 12.8 Å². The molecule has 0 saturated carbocycles. The summed E-state index contributed by atoms with van der Waals surface area (Å²) < 4.78 is 6.49. The van der Waals surface area contributed by atoms with Crippen LogP contribution in [-0.2, 0) is 0 Å². The Morgan fingerprint density at radius 3 is 2.67 bits per heavy atom. The van der Waals surface area contributed by atoms with E-state index in [1.165, 1.54) is 11.3 Å². The number of para-hydroxylation sites is 2. The molecule has 1 aliphatic rings. The van der Waals surface area contributed by atoms with Crippen LogP contribution in [0.25, 0.3) is 10.1 Å². The summed E-state index contributed by atoms with van der Waals surface area (Å²) in [6, 6.07) is 17.4. The third-order valence-corrected chi connectivity index (χ3v) is 7.19. The van der Waals surface area contributed by atoms with Crippen molar-refractivity contribution in [2.24, 2.45) is 5.73 Å². The van der Waals surface area contributed by atoms with Gasteiger partial charge in [-0.3, -0.25) is 9.80 Å². The molecule has 0 atom stereocenters. The molecular formula is C25H29N5O2S. The second-order valence-corrected chi connectivity index (χ2v) is 9.21. The Kier molecular flexibility index (Phi) is 7.33. The van der Waals surface area contributed by atoms with Gasteiger partial charge in [-0.2, -0.15) is 5.26 Å². The number of amides is 2. The fourth-order valence-corrected chi connectivity index (χ4v) is 5.39. The van der Waals surface area contributed by atoms with E-state index in [0.717, 1.165) is 72.1 Å². The molecule has 1 aliphatic heterocycles. The van der Waals surface area contributed by atoms with Crippen molar-refractivity contribution in [3.8, 4) is 11.8 Å². The number of thiophene rings is 1. The summed E-state index contributed by atoms with van der Waals surface area (Å²) in [5.41, 5.74) is 7.45. The van der Waals surface area contributed by atoms with E-state index >= 15 is 0 Å². The molecule has 3 aromatic rings. The number of hydrogen-bond donors (Lipinski definition) is 1. The minimum absolute atomic E-state index is 0.438. The maximum atomic E-state index is 12.1. The number of rotatable bonds is 8. The van der Waals surface area contributed by atoms with Crippen molar-refractivity contribution >= 4 is 38.1 Å². The van der Waals surface area contributed by atoms with Crippen LogP contribution in [0, 0.1) is 11.3 Å². The lowest BCUT2D eigenvalue weighted by Crippen LogP contribution is -2.46. The number of carbonyl (C=O) groups excluding carboxylic acids is 1. The second kappa shape index (κ2) is 10.6. The average Bonchev–Trinajstić information content (AvgIpc) is 3.26. The molecule has 4 rings (SSSR count). The number of primary amides is 1. The van der Waals surface area contributed by atoms with Gasteiger partial charge in [0.05, 0.1) is 24.4 Å². The lowest BCUT2D eigenvalue weighted by atomic mass is 10.2. The molecular weight excluding hydrogens is 434 g/mol. The molecule has 2 N–H and O–H groups in total. The first-order valence-corrected chi connectivity index (χ1v) is 12.0. The number of unbranched alkanes of at least 4 members (excludes halogenated alkanes) is 1. The predicted molar refractivity (Wildman–Crippen MR) is 134 cm³/mol. The van der Waals surface area contributed by atoms with Crippen molar-refractivity contribution in [3.63, 3.8) is 0 Å². The van der Waals surface area contributed by atoms with Gasteiger partial charge in [-0.25, -0.2) is 4.79 Å². The van der Waals surface area contributed by atoms with Crippen LogP contribution in [0.15, 0.2) is 48.5 Å². The zero-order valence-electron chi connectivity index (χ0n) is 18.9. The summed E-state index contributed by atoms with van der Waals surface area (Å²) in [7, 11) is 1.72. The zero-order valence-corrected chi connectivity index (χ0v) is 19.7. The van der Waals surface area contributed by atoms with Gasteiger partial charge in [0.25, 0.3) is 0 Å². The van der Waals surface area contributed by atoms with Crippen LogP contribution in [0.3, 0.4) is 0 Å². The summed E-state index contributed by atoms with van der Waals surface area (Å²) in [4.78, 5) is 18.6. The van der Waals surface area contributed by atoms with Crippen LogP contribution in [0.2, 0.25) is 0 Å². The van der Waals surface area contributed by atoms with Crippen molar-refractivity contribution in [3.05, 3.63) is 54.1 Å². The van der Waals surface area contributed by atoms with Gasteiger partial charge in [-0.05, 0) is 55.1 Å². The number of carbonyl (C=O) groups is 1. The number of benzene rings is 2. The number of urea groups is 1. The smallest absolute Gasteiger partial charge is 0.319 e. The van der Waals surface area contributed by atoms with Crippen LogP contribution < -0.4 is 20.3 Å². The van der Waals surface area contributed by atoms with Gasteiger partial charge < -0.3 is 15.4 Å². The van der Waals surface area contributed by atoms with Crippen molar-refractivity contribution in [1.82, 2.24) is 4.90 Å². The molecule has 2 aromatic carbocycles. The first kappa shape index (κ1) is 22.9. The SMILES string of the molecule is COc1ccccc1N1CCN(CCCCN(C(N)=O)c2cc3ccc(C#N)cc3s2)CC1. The van der Waals surface area contributed by atoms with Crippen molar-refractivity contribution in [2.75, 3.05) is 56.2 Å². The van der Waals surface area contributed by atoms with Crippen molar-refractivity contribution in [1.29, 1.82) is 5.26 Å². The Morgan fingerprint density at radius 1 is 1.15 bits per heavy atom. The Hall–Kier alpha value is -3.28. The number of nitrogens with zero attached hydrogens (tertiary/aromatic N) is 4. The zero-order chi connectivity index (χ0) is 23.2. The lowest BCUT2D eigenvalue weighted by molar-refractivity contribution is 0.249. The van der Waals surface area contributed by atoms with E-state index in [0.29, 0.717) is 12.1 Å². The van der Waals surface area contributed by atoms with E-state index in [2.05, 4.69) is 21.9 Å². The van der Waals surface area contributed by atoms with E-state index in [9.17, 15) is 4.79 Å². The van der Waals surface area contributed by atoms with Gasteiger partial charge >= 0.3 is 6.03 Å².